The van der Waals surface area contributed by atoms with Gasteiger partial charge in [-0.3, -0.25) is 0 Å². The van der Waals surface area contributed by atoms with Gasteiger partial charge in [0.05, 0.1) is 12.3 Å². The topological polar surface area (TPSA) is 25.2 Å². The minimum absolute atomic E-state index is 0.252. The van der Waals surface area contributed by atoms with Gasteiger partial charge in [0.25, 0.3) is 0 Å². The summed E-state index contributed by atoms with van der Waals surface area (Å²) in [7, 11) is 0. The van der Waals surface area contributed by atoms with E-state index in [1.54, 1.807) is 6.26 Å². The van der Waals surface area contributed by atoms with E-state index in [1.165, 1.54) is 24.0 Å². The minimum Gasteiger partial charge on any atom is -0.468 e. The first-order chi connectivity index (χ1) is 9.24. The minimum atomic E-state index is 0.252. The Hall–Kier alpha value is -1.54. The van der Waals surface area contributed by atoms with Crippen molar-refractivity contribution in [3.05, 3.63) is 59.5 Å². The van der Waals surface area contributed by atoms with Crippen molar-refractivity contribution < 1.29 is 4.42 Å². The van der Waals surface area contributed by atoms with E-state index in [2.05, 4.69) is 43.4 Å². The highest BCUT2D eigenvalue weighted by atomic mass is 16.3. The van der Waals surface area contributed by atoms with E-state index in [0.717, 1.165) is 11.7 Å². The van der Waals surface area contributed by atoms with Crippen molar-refractivity contribution in [2.45, 2.75) is 38.8 Å². The van der Waals surface area contributed by atoms with E-state index < -0.39 is 0 Å². The molecule has 1 N–H and O–H groups in total. The molecule has 1 fully saturated rings. The van der Waals surface area contributed by atoms with Gasteiger partial charge >= 0.3 is 0 Å². The zero-order valence-electron chi connectivity index (χ0n) is 11.6. The van der Waals surface area contributed by atoms with Crippen LogP contribution in [0.4, 0.5) is 0 Å². The maximum absolute atomic E-state index is 5.49. The number of rotatable bonds is 5. The number of aryl methyl sites for hydroxylation is 1. The Kier molecular flexibility index (Phi) is 3.43. The zero-order chi connectivity index (χ0) is 13.2. The van der Waals surface area contributed by atoms with Crippen molar-refractivity contribution >= 4 is 0 Å². The highest BCUT2D eigenvalue weighted by molar-refractivity contribution is 5.26. The molecule has 3 rings (SSSR count). The van der Waals surface area contributed by atoms with Crippen LogP contribution in [0.15, 0.2) is 47.1 Å². The third-order valence-corrected chi connectivity index (χ3v) is 3.93. The SMILES string of the molecule is Cc1ccc(C(NC(C)c2ccco2)C2CC2)cc1. The zero-order valence-corrected chi connectivity index (χ0v) is 11.6. The monoisotopic (exact) mass is 255 g/mol. The fraction of sp³-hybridized carbons (Fsp3) is 0.412. The molecular formula is C17H21NO. The molecule has 1 aromatic carbocycles. The molecule has 1 aliphatic rings. The summed E-state index contributed by atoms with van der Waals surface area (Å²) in [5.74, 6) is 1.79. The molecule has 0 spiro atoms. The lowest BCUT2D eigenvalue weighted by molar-refractivity contribution is 0.372. The molecule has 19 heavy (non-hydrogen) atoms. The third kappa shape index (κ3) is 2.90. The molecule has 1 aromatic heterocycles. The standard InChI is InChI=1S/C17H21NO/c1-12-5-7-14(8-6-12)17(15-9-10-15)18-13(2)16-4-3-11-19-16/h3-8,11,13,15,17-18H,9-10H2,1-2H3. The van der Waals surface area contributed by atoms with Crippen molar-refractivity contribution in [3.8, 4) is 0 Å². The number of hydrogen-bond donors (Lipinski definition) is 1. The second-order valence-electron chi connectivity index (χ2n) is 5.63. The molecule has 2 unspecified atom stereocenters. The first-order valence-electron chi connectivity index (χ1n) is 7.10. The Balaban J connectivity index is 1.76. The van der Waals surface area contributed by atoms with Crippen LogP contribution in [0.3, 0.4) is 0 Å². The average Bonchev–Trinajstić information content (AvgIpc) is 3.10. The Morgan fingerprint density at radius 3 is 2.47 bits per heavy atom. The maximum Gasteiger partial charge on any atom is 0.120 e. The van der Waals surface area contributed by atoms with Gasteiger partial charge in [0, 0.05) is 6.04 Å². The molecule has 1 heterocycles. The predicted octanol–water partition coefficient (Wildman–Crippen LogP) is 4.39. The van der Waals surface area contributed by atoms with Gasteiger partial charge in [-0.15, -0.1) is 0 Å². The Morgan fingerprint density at radius 2 is 1.89 bits per heavy atom. The predicted molar refractivity (Wildman–Crippen MR) is 76.9 cm³/mol. The maximum atomic E-state index is 5.49. The fourth-order valence-corrected chi connectivity index (χ4v) is 2.60. The molecule has 2 heteroatoms. The van der Waals surface area contributed by atoms with Crippen molar-refractivity contribution in [2.75, 3.05) is 0 Å². The molecule has 2 atom stereocenters. The first kappa shape index (κ1) is 12.5. The van der Waals surface area contributed by atoms with Crippen LogP contribution in [0.25, 0.3) is 0 Å². The number of benzene rings is 1. The summed E-state index contributed by atoms with van der Waals surface area (Å²) in [4.78, 5) is 0. The molecule has 0 aliphatic heterocycles. The van der Waals surface area contributed by atoms with Crippen LogP contribution in [0.5, 0.6) is 0 Å². The van der Waals surface area contributed by atoms with Crippen LogP contribution >= 0.6 is 0 Å². The largest absolute Gasteiger partial charge is 0.468 e. The van der Waals surface area contributed by atoms with Crippen molar-refractivity contribution in [2.24, 2.45) is 5.92 Å². The summed E-state index contributed by atoms with van der Waals surface area (Å²) in [6.07, 6.45) is 4.40. The van der Waals surface area contributed by atoms with Gasteiger partial charge in [-0.05, 0) is 50.3 Å². The van der Waals surface area contributed by atoms with Gasteiger partial charge in [-0.2, -0.15) is 0 Å². The Bertz CT molecular complexity index is 511. The highest BCUT2D eigenvalue weighted by Crippen LogP contribution is 2.42. The molecule has 0 bridgehead atoms. The van der Waals surface area contributed by atoms with E-state index in [4.69, 9.17) is 4.42 Å². The van der Waals surface area contributed by atoms with E-state index >= 15 is 0 Å². The third-order valence-electron chi connectivity index (χ3n) is 3.93. The van der Waals surface area contributed by atoms with Crippen LogP contribution in [-0.4, -0.2) is 0 Å². The lowest BCUT2D eigenvalue weighted by Crippen LogP contribution is -2.26. The van der Waals surface area contributed by atoms with Gasteiger partial charge < -0.3 is 9.73 Å². The van der Waals surface area contributed by atoms with Crippen molar-refractivity contribution in [3.63, 3.8) is 0 Å². The Labute approximate surface area is 114 Å². The second kappa shape index (κ2) is 5.22. The molecule has 0 saturated heterocycles. The summed E-state index contributed by atoms with van der Waals surface area (Å²) in [5, 5.41) is 3.72. The summed E-state index contributed by atoms with van der Waals surface area (Å²) in [5.41, 5.74) is 2.71. The van der Waals surface area contributed by atoms with Gasteiger partial charge in [-0.1, -0.05) is 29.8 Å². The van der Waals surface area contributed by atoms with Crippen LogP contribution in [0.1, 0.15) is 48.7 Å². The van der Waals surface area contributed by atoms with Crippen molar-refractivity contribution in [1.82, 2.24) is 5.32 Å². The lowest BCUT2D eigenvalue weighted by Gasteiger charge is -2.23. The molecule has 100 valence electrons. The van der Waals surface area contributed by atoms with E-state index in [9.17, 15) is 0 Å². The molecular weight excluding hydrogens is 234 g/mol. The summed E-state index contributed by atoms with van der Waals surface area (Å²) < 4.78 is 5.49. The van der Waals surface area contributed by atoms with Crippen LogP contribution in [0.2, 0.25) is 0 Å². The van der Waals surface area contributed by atoms with E-state index in [0.29, 0.717) is 6.04 Å². The molecule has 1 saturated carbocycles. The van der Waals surface area contributed by atoms with Crippen LogP contribution in [-0.2, 0) is 0 Å². The average molecular weight is 255 g/mol. The smallest absolute Gasteiger partial charge is 0.120 e. The van der Waals surface area contributed by atoms with E-state index in [-0.39, 0.29) is 6.04 Å². The van der Waals surface area contributed by atoms with E-state index in [1.807, 2.05) is 12.1 Å². The van der Waals surface area contributed by atoms with Gasteiger partial charge in [0.2, 0.25) is 0 Å². The molecule has 1 aliphatic carbocycles. The summed E-state index contributed by atoms with van der Waals surface area (Å²) >= 11 is 0. The first-order valence-corrected chi connectivity index (χ1v) is 7.10. The van der Waals surface area contributed by atoms with Gasteiger partial charge in [-0.25, -0.2) is 0 Å². The van der Waals surface area contributed by atoms with Crippen LogP contribution in [0, 0.1) is 12.8 Å². The van der Waals surface area contributed by atoms with Crippen molar-refractivity contribution in [1.29, 1.82) is 0 Å². The summed E-state index contributed by atoms with van der Waals surface area (Å²) in [6.45, 7) is 4.30. The quantitative estimate of drug-likeness (QED) is 0.857. The number of hydrogen-bond acceptors (Lipinski definition) is 2. The van der Waals surface area contributed by atoms with Crippen LogP contribution < -0.4 is 5.32 Å². The molecule has 0 radical (unpaired) electrons. The normalized spacial score (nSPS) is 18.2. The molecule has 0 amide bonds. The summed E-state index contributed by atoms with van der Waals surface area (Å²) in [6, 6.07) is 13.6. The molecule has 2 nitrogen and oxygen atoms in total. The fourth-order valence-electron chi connectivity index (χ4n) is 2.60. The highest BCUT2D eigenvalue weighted by Gasteiger charge is 2.33. The van der Waals surface area contributed by atoms with Gasteiger partial charge in [0.15, 0.2) is 0 Å². The number of nitrogens with one attached hydrogen (secondary N) is 1. The Morgan fingerprint density at radius 1 is 1.16 bits per heavy atom. The van der Waals surface area contributed by atoms with Gasteiger partial charge in [0.1, 0.15) is 5.76 Å². The lowest BCUT2D eigenvalue weighted by atomic mass is 10.00. The second-order valence-corrected chi connectivity index (χ2v) is 5.63. The molecule has 2 aromatic rings. The number of furan rings is 1.